The number of thiazole rings is 1. The predicted molar refractivity (Wildman–Crippen MR) is 72.8 cm³/mol. The lowest BCUT2D eigenvalue weighted by atomic mass is 10.1. The fourth-order valence-corrected chi connectivity index (χ4v) is 3.54. The normalized spacial score (nSPS) is 17.0. The van der Waals surface area contributed by atoms with Crippen LogP contribution >= 0.6 is 11.3 Å². The molecule has 2 aromatic rings. The van der Waals surface area contributed by atoms with Gasteiger partial charge in [-0.2, -0.15) is 0 Å². The average molecular weight is 293 g/mol. The van der Waals surface area contributed by atoms with Crippen molar-refractivity contribution in [3.63, 3.8) is 0 Å². The molecule has 0 aliphatic heterocycles. The van der Waals surface area contributed by atoms with Gasteiger partial charge in [-0.15, -0.1) is 11.3 Å². The van der Waals surface area contributed by atoms with E-state index in [9.17, 15) is 9.18 Å². The first kappa shape index (κ1) is 13.1. The van der Waals surface area contributed by atoms with Gasteiger partial charge >= 0.3 is 5.97 Å². The highest BCUT2D eigenvalue weighted by molar-refractivity contribution is 7.15. The van der Waals surface area contributed by atoms with Crippen LogP contribution in [0.1, 0.15) is 22.9 Å². The first-order valence-corrected chi connectivity index (χ1v) is 6.98. The second kappa shape index (κ2) is 4.86. The number of carboxylic acid groups (broad SMARTS) is 1. The van der Waals surface area contributed by atoms with E-state index in [1.165, 1.54) is 24.5 Å². The number of ether oxygens (including phenoxy) is 1. The molecule has 0 radical (unpaired) electrons. The quantitative estimate of drug-likeness (QED) is 0.944. The summed E-state index contributed by atoms with van der Waals surface area (Å²) in [5.74, 6) is -1.39. The summed E-state index contributed by atoms with van der Waals surface area (Å²) < 4.78 is 19.0. The minimum atomic E-state index is -0.865. The number of benzene rings is 1. The first-order chi connectivity index (χ1) is 9.60. The monoisotopic (exact) mass is 293 g/mol. The summed E-state index contributed by atoms with van der Waals surface area (Å²) in [7, 11) is 1.48. The molecule has 104 valence electrons. The Bertz CT molecular complexity index is 683. The molecule has 1 heterocycles. The number of halogens is 1. The zero-order chi connectivity index (χ0) is 14.3. The van der Waals surface area contributed by atoms with E-state index < -0.39 is 17.7 Å². The smallest absolute Gasteiger partial charge is 0.312 e. The van der Waals surface area contributed by atoms with Gasteiger partial charge in [-0.1, -0.05) is 0 Å². The van der Waals surface area contributed by atoms with Gasteiger partial charge < -0.3 is 9.84 Å². The Hall–Kier alpha value is -1.95. The molecule has 0 saturated carbocycles. The van der Waals surface area contributed by atoms with Crippen molar-refractivity contribution in [2.45, 2.75) is 18.8 Å². The number of aryl methyl sites for hydroxylation is 1. The molecule has 0 amide bonds. The molecule has 1 aliphatic rings. The van der Waals surface area contributed by atoms with Crippen molar-refractivity contribution in [2.24, 2.45) is 0 Å². The van der Waals surface area contributed by atoms with Gasteiger partial charge in [0.25, 0.3) is 0 Å². The number of carbonyl (C=O) groups is 1. The van der Waals surface area contributed by atoms with Crippen LogP contribution in [-0.4, -0.2) is 23.2 Å². The van der Waals surface area contributed by atoms with Gasteiger partial charge in [0.2, 0.25) is 0 Å². The molecule has 0 saturated heterocycles. The summed E-state index contributed by atoms with van der Waals surface area (Å²) in [6.07, 6.45) is 1.27. The highest BCUT2D eigenvalue weighted by Gasteiger charge is 2.32. The van der Waals surface area contributed by atoms with Crippen molar-refractivity contribution in [3.8, 4) is 16.3 Å². The van der Waals surface area contributed by atoms with Crippen molar-refractivity contribution in [3.05, 3.63) is 34.6 Å². The minimum Gasteiger partial charge on any atom is -0.497 e. The molecular formula is C14H12FNO3S. The maximum absolute atomic E-state index is 14.0. The fourth-order valence-electron chi connectivity index (χ4n) is 2.38. The van der Waals surface area contributed by atoms with Crippen LogP contribution in [0.15, 0.2) is 18.2 Å². The maximum atomic E-state index is 14.0. The SMILES string of the molecule is COc1ccc(-c2nc3c(s2)CCC3C(=O)O)c(F)c1. The van der Waals surface area contributed by atoms with Gasteiger partial charge in [0.1, 0.15) is 22.5 Å². The van der Waals surface area contributed by atoms with Crippen LogP contribution in [0.25, 0.3) is 10.6 Å². The van der Waals surface area contributed by atoms with E-state index in [0.29, 0.717) is 34.9 Å². The van der Waals surface area contributed by atoms with Crippen LogP contribution in [0.5, 0.6) is 5.75 Å². The number of fused-ring (bicyclic) bond motifs is 1. The molecule has 1 atom stereocenters. The number of methoxy groups -OCH3 is 1. The molecule has 1 aromatic carbocycles. The number of aromatic nitrogens is 1. The zero-order valence-corrected chi connectivity index (χ0v) is 11.5. The van der Waals surface area contributed by atoms with Crippen molar-refractivity contribution in [1.29, 1.82) is 0 Å². The van der Waals surface area contributed by atoms with Crippen molar-refractivity contribution in [2.75, 3.05) is 7.11 Å². The maximum Gasteiger partial charge on any atom is 0.312 e. The highest BCUT2D eigenvalue weighted by Crippen LogP contribution is 2.40. The summed E-state index contributed by atoms with van der Waals surface area (Å²) in [6.45, 7) is 0. The first-order valence-electron chi connectivity index (χ1n) is 6.16. The van der Waals surface area contributed by atoms with E-state index in [4.69, 9.17) is 9.84 Å². The number of hydrogen-bond donors (Lipinski definition) is 1. The molecule has 0 spiro atoms. The van der Waals surface area contributed by atoms with Crippen molar-refractivity contribution >= 4 is 17.3 Å². The van der Waals surface area contributed by atoms with Crippen LogP contribution in [0.2, 0.25) is 0 Å². The minimum absolute atomic E-state index is 0.384. The van der Waals surface area contributed by atoms with E-state index in [-0.39, 0.29) is 0 Å². The van der Waals surface area contributed by atoms with Crippen LogP contribution in [-0.2, 0) is 11.2 Å². The fraction of sp³-hybridized carbons (Fsp3) is 0.286. The molecule has 1 N–H and O–H groups in total. The third-order valence-corrected chi connectivity index (χ3v) is 4.59. The average Bonchev–Trinajstić information content (AvgIpc) is 2.97. The van der Waals surface area contributed by atoms with Gasteiger partial charge in [0, 0.05) is 16.5 Å². The number of rotatable bonds is 3. The standard InChI is InChI=1S/C14H12FNO3S/c1-19-7-2-3-8(10(15)6-7)13-16-12-9(14(17)18)4-5-11(12)20-13/h2-3,6,9H,4-5H2,1H3,(H,17,18). The molecule has 1 aliphatic carbocycles. The van der Waals surface area contributed by atoms with Crippen molar-refractivity contribution < 1.29 is 19.0 Å². The molecule has 0 fully saturated rings. The summed E-state index contributed by atoms with van der Waals surface area (Å²) in [5.41, 5.74) is 0.974. The number of aliphatic carboxylic acids is 1. The lowest BCUT2D eigenvalue weighted by Crippen LogP contribution is -2.08. The molecule has 1 unspecified atom stereocenters. The number of hydrogen-bond acceptors (Lipinski definition) is 4. The highest BCUT2D eigenvalue weighted by atomic mass is 32.1. The van der Waals surface area contributed by atoms with Gasteiger partial charge in [-0.3, -0.25) is 4.79 Å². The Morgan fingerprint density at radius 1 is 1.55 bits per heavy atom. The molecule has 1 aromatic heterocycles. The van der Waals surface area contributed by atoms with E-state index in [2.05, 4.69) is 4.98 Å². The molecule has 6 heteroatoms. The number of carboxylic acids is 1. The third-order valence-electron chi connectivity index (χ3n) is 3.42. The van der Waals surface area contributed by atoms with Crippen molar-refractivity contribution in [1.82, 2.24) is 4.98 Å². The summed E-state index contributed by atoms with van der Waals surface area (Å²) in [6, 6.07) is 4.58. The van der Waals surface area contributed by atoms with Gasteiger partial charge in [0.15, 0.2) is 0 Å². The summed E-state index contributed by atoms with van der Waals surface area (Å²) >= 11 is 1.37. The lowest BCUT2D eigenvalue weighted by Gasteiger charge is -2.04. The van der Waals surface area contributed by atoms with Crippen LogP contribution in [0, 0.1) is 5.82 Å². The van der Waals surface area contributed by atoms with Gasteiger partial charge in [0.05, 0.1) is 12.8 Å². The van der Waals surface area contributed by atoms with E-state index in [1.54, 1.807) is 12.1 Å². The van der Waals surface area contributed by atoms with E-state index in [0.717, 1.165) is 4.88 Å². The molecule has 0 bridgehead atoms. The Labute approximate surface area is 118 Å². The van der Waals surface area contributed by atoms with Gasteiger partial charge in [-0.25, -0.2) is 9.37 Å². The van der Waals surface area contributed by atoms with E-state index in [1.807, 2.05) is 0 Å². The largest absolute Gasteiger partial charge is 0.497 e. The third kappa shape index (κ3) is 2.06. The second-order valence-electron chi connectivity index (χ2n) is 4.60. The van der Waals surface area contributed by atoms with Crippen LogP contribution in [0.4, 0.5) is 4.39 Å². The Morgan fingerprint density at radius 2 is 2.35 bits per heavy atom. The lowest BCUT2D eigenvalue weighted by molar-refractivity contribution is -0.138. The summed E-state index contributed by atoms with van der Waals surface area (Å²) in [4.78, 5) is 16.4. The predicted octanol–water partition coefficient (Wildman–Crippen LogP) is 3.07. The molecule has 3 rings (SSSR count). The Morgan fingerprint density at radius 3 is 3.00 bits per heavy atom. The second-order valence-corrected chi connectivity index (χ2v) is 5.69. The Balaban J connectivity index is 2.01. The zero-order valence-electron chi connectivity index (χ0n) is 10.7. The van der Waals surface area contributed by atoms with Crippen LogP contribution in [0.3, 0.4) is 0 Å². The van der Waals surface area contributed by atoms with E-state index >= 15 is 0 Å². The molecule has 20 heavy (non-hydrogen) atoms. The van der Waals surface area contributed by atoms with Crippen LogP contribution < -0.4 is 4.74 Å². The van der Waals surface area contributed by atoms with Gasteiger partial charge in [-0.05, 0) is 25.0 Å². The molecule has 4 nitrogen and oxygen atoms in total. The summed E-state index contributed by atoms with van der Waals surface area (Å²) in [5, 5.41) is 9.67. The Kier molecular flexibility index (Phi) is 3.17. The topological polar surface area (TPSA) is 59.4 Å². The molecular weight excluding hydrogens is 281 g/mol. The number of nitrogens with zero attached hydrogens (tertiary/aromatic N) is 1.